The first-order valence-electron chi connectivity index (χ1n) is 5.57. The van der Waals surface area contributed by atoms with E-state index in [2.05, 4.69) is 5.32 Å². The summed E-state index contributed by atoms with van der Waals surface area (Å²) in [6.45, 7) is 2.65. The molecule has 1 aromatic rings. The van der Waals surface area contributed by atoms with Gasteiger partial charge >= 0.3 is 0 Å². The summed E-state index contributed by atoms with van der Waals surface area (Å²) < 4.78 is 27.3. The number of methoxy groups -OCH3 is 1. The Kier molecular flexibility index (Phi) is 3.40. The predicted octanol–water partition coefficient (Wildman–Crippen LogP) is 0.890. The molecule has 0 aromatic heterocycles. The van der Waals surface area contributed by atoms with Crippen molar-refractivity contribution >= 4 is 9.84 Å². The molecule has 2 rings (SSSR count). The normalized spacial score (nSPS) is 18.7. The van der Waals surface area contributed by atoms with Gasteiger partial charge in [0.25, 0.3) is 0 Å². The lowest BCUT2D eigenvalue weighted by atomic mass is 10.1. The fourth-order valence-corrected chi connectivity index (χ4v) is 3.30. The van der Waals surface area contributed by atoms with Gasteiger partial charge < -0.3 is 10.1 Å². The molecule has 5 heteroatoms. The van der Waals surface area contributed by atoms with Crippen molar-refractivity contribution in [1.82, 2.24) is 5.32 Å². The van der Waals surface area contributed by atoms with E-state index in [4.69, 9.17) is 4.74 Å². The molecular weight excluding hydrogens is 238 g/mol. The van der Waals surface area contributed by atoms with Gasteiger partial charge in [0.05, 0.1) is 18.6 Å². The average molecular weight is 255 g/mol. The number of benzene rings is 1. The van der Waals surface area contributed by atoms with E-state index in [0.29, 0.717) is 6.54 Å². The maximum absolute atomic E-state index is 11.0. The lowest BCUT2D eigenvalue weighted by molar-refractivity contribution is 0.405. The molecule has 0 unspecified atom stereocenters. The van der Waals surface area contributed by atoms with E-state index in [-0.39, 0.29) is 17.5 Å². The van der Waals surface area contributed by atoms with Gasteiger partial charge in [-0.25, -0.2) is 8.42 Å². The van der Waals surface area contributed by atoms with Crippen LogP contribution in [0.15, 0.2) is 18.2 Å². The quantitative estimate of drug-likeness (QED) is 0.868. The molecule has 1 saturated heterocycles. The maximum Gasteiger partial charge on any atom is 0.153 e. The Morgan fingerprint density at radius 3 is 2.71 bits per heavy atom. The summed E-state index contributed by atoms with van der Waals surface area (Å²) in [4.78, 5) is 0. The number of nitrogens with one attached hydrogen (secondary N) is 1. The Morgan fingerprint density at radius 1 is 1.41 bits per heavy atom. The van der Waals surface area contributed by atoms with Crippen molar-refractivity contribution in [2.24, 2.45) is 0 Å². The van der Waals surface area contributed by atoms with E-state index >= 15 is 0 Å². The van der Waals surface area contributed by atoms with Gasteiger partial charge in [0.2, 0.25) is 0 Å². The molecule has 0 aliphatic carbocycles. The average Bonchev–Trinajstić information content (AvgIpc) is 2.24. The Labute approximate surface area is 102 Å². The molecule has 0 amide bonds. The third-order valence-electron chi connectivity index (χ3n) is 2.93. The van der Waals surface area contributed by atoms with Crippen LogP contribution >= 0.6 is 0 Å². The first-order valence-corrected chi connectivity index (χ1v) is 7.39. The SMILES string of the molecule is COc1cc(C)ccc1CNC1CS(=O)(=O)C1. The minimum Gasteiger partial charge on any atom is -0.496 e. The van der Waals surface area contributed by atoms with Gasteiger partial charge in [0, 0.05) is 18.2 Å². The lowest BCUT2D eigenvalue weighted by Gasteiger charge is -2.27. The van der Waals surface area contributed by atoms with Gasteiger partial charge in [-0.05, 0) is 18.6 Å². The highest BCUT2D eigenvalue weighted by Gasteiger charge is 2.32. The van der Waals surface area contributed by atoms with E-state index < -0.39 is 9.84 Å². The molecule has 0 radical (unpaired) electrons. The standard InChI is InChI=1S/C12H17NO3S/c1-9-3-4-10(12(5-9)16-2)6-13-11-7-17(14,15)8-11/h3-5,11,13H,6-8H2,1-2H3. The first kappa shape index (κ1) is 12.4. The Bertz CT molecular complexity index is 498. The van der Waals surface area contributed by atoms with E-state index in [9.17, 15) is 8.42 Å². The number of aryl methyl sites for hydroxylation is 1. The molecule has 0 bridgehead atoms. The maximum atomic E-state index is 11.0. The van der Waals surface area contributed by atoms with Crippen molar-refractivity contribution in [3.63, 3.8) is 0 Å². The zero-order chi connectivity index (χ0) is 12.5. The summed E-state index contributed by atoms with van der Waals surface area (Å²) in [5.74, 6) is 1.35. The van der Waals surface area contributed by atoms with Crippen molar-refractivity contribution in [3.05, 3.63) is 29.3 Å². The highest BCUT2D eigenvalue weighted by molar-refractivity contribution is 7.92. The Hall–Kier alpha value is -1.07. The molecule has 1 aliphatic heterocycles. The molecule has 1 aliphatic rings. The van der Waals surface area contributed by atoms with Crippen LogP contribution in [0.5, 0.6) is 5.75 Å². The third-order valence-corrected chi connectivity index (χ3v) is 4.75. The molecule has 1 fully saturated rings. The molecule has 4 nitrogen and oxygen atoms in total. The predicted molar refractivity (Wildman–Crippen MR) is 67.0 cm³/mol. The van der Waals surface area contributed by atoms with Crippen molar-refractivity contribution < 1.29 is 13.2 Å². The molecular formula is C12H17NO3S. The van der Waals surface area contributed by atoms with E-state index in [1.807, 2.05) is 25.1 Å². The first-order chi connectivity index (χ1) is 8.00. The minimum absolute atomic E-state index is 0.0889. The number of hydrogen-bond acceptors (Lipinski definition) is 4. The fourth-order valence-electron chi connectivity index (χ4n) is 1.93. The third kappa shape index (κ3) is 2.98. The molecule has 0 atom stereocenters. The zero-order valence-electron chi connectivity index (χ0n) is 10.1. The van der Waals surface area contributed by atoms with Crippen LogP contribution in [0, 0.1) is 6.92 Å². The molecule has 0 saturated carbocycles. The van der Waals surface area contributed by atoms with Gasteiger partial charge in [-0.15, -0.1) is 0 Å². The van der Waals surface area contributed by atoms with Crippen LogP contribution in [-0.2, 0) is 16.4 Å². The second-order valence-corrected chi connectivity index (χ2v) is 6.62. The van der Waals surface area contributed by atoms with E-state index in [0.717, 1.165) is 16.9 Å². The molecule has 17 heavy (non-hydrogen) atoms. The molecule has 1 N–H and O–H groups in total. The van der Waals surface area contributed by atoms with Crippen LogP contribution in [-0.4, -0.2) is 33.1 Å². The highest BCUT2D eigenvalue weighted by atomic mass is 32.2. The van der Waals surface area contributed by atoms with Gasteiger partial charge in [-0.2, -0.15) is 0 Å². The summed E-state index contributed by atoms with van der Waals surface area (Å²) in [7, 11) is -1.11. The van der Waals surface area contributed by atoms with Crippen LogP contribution in [0.3, 0.4) is 0 Å². The Balaban J connectivity index is 1.95. The molecule has 94 valence electrons. The van der Waals surface area contributed by atoms with Crippen LogP contribution in [0.1, 0.15) is 11.1 Å². The Morgan fingerprint density at radius 2 is 2.12 bits per heavy atom. The van der Waals surface area contributed by atoms with Crippen LogP contribution in [0.25, 0.3) is 0 Å². The molecule has 0 spiro atoms. The van der Waals surface area contributed by atoms with Crippen molar-refractivity contribution in [2.75, 3.05) is 18.6 Å². The van der Waals surface area contributed by atoms with Gasteiger partial charge in [-0.3, -0.25) is 0 Å². The van der Waals surface area contributed by atoms with Gasteiger partial charge in [0.1, 0.15) is 5.75 Å². The van der Waals surface area contributed by atoms with E-state index in [1.54, 1.807) is 7.11 Å². The number of rotatable bonds is 4. The summed E-state index contributed by atoms with van der Waals surface area (Å²) in [6.07, 6.45) is 0. The largest absolute Gasteiger partial charge is 0.496 e. The number of hydrogen-bond donors (Lipinski definition) is 1. The lowest BCUT2D eigenvalue weighted by Crippen LogP contribution is -2.50. The van der Waals surface area contributed by atoms with Crippen LogP contribution in [0.2, 0.25) is 0 Å². The fraction of sp³-hybridized carbons (Fsp3) is 0.500. The second-order valence-electron chi connectivity index (χ2n) is 4.47. The molecule has 1 aromatic carbocycles. The van der Waals surface area contributed by atoms with Crippen molar-refractivity contribution in [3.8, 4) is 5.75 Å². The number of ether oxygens (including phenoxy) is 1. The highest BCUT2D eigenvalue weighted by Crippen LogP contribution is 2.20. The van der Waals surface area contributed by atoms with E-state index in [1.165, 1.54) is 0 Å². The van der Waals surface area contributed by atoms with Gasteiger partial charge in [0.15, 0.2) is 9.84 Å². The van der Waals surface area contributed by atoms with Gasteiger partial charge in [-0.1, -0.05) is 12.1 Å². The molecule has 1 heterocycles. The zero-order valence-corrected chi connectivity index (χ0v) is 10.9. The minimum atomic E-state index is -2.75. The summed E-state index contributed by atoms with van der Waals surface area (Å²) >= 11 is 0. The van der Waals surface area contributed by atoms with Crippen molar-refractivity contribution in [2.45, 2.75) is 19.5 Å². The second kappa shape index (κ2) is 4.66. The monoisotopic (exact) mass is 255 g/mol. The summed E-state index contributed by atoms with van der Waals surface area (Å²) in [6, 6.07) is 6.10. The van der Waals surface area contributed by atoms with Crippen LogP contribution < -0.4 is 10.1 Å². The van der Waals surface area contributed by atoms with Crippen LogP contribution in [0.4, 0.5) is 0 Å². The van der Waals surface area contributed by atoms with Crippen molar-refractivity contribution in [1.29, 1.82) is 0 Å². The summed E-state index contributed by atoms with van der Waals surface area (Å²) in [5.41, 5.74) is 2.21. The topological polar surface area (TPSA) is 55.4 Å². The summed E-state index contributed by atoms with van der Waals surface area (Å²) in [5, 5.41) is 3.23. The smallest absolute Gasteiger partial charge is 0.153 e. The number of sulfone groups is 1.